The molecule has 0 fully saturated rings. The Hall–Kier alpha value is -7.82. The summed E-state index contributed by atoms with van der Waals surface area (Å²) >= 11 is 0. The smallest absolute Gasteiger partial charge is 0.0629 e. The average molecular weight is 821 g/mol. The summed E-state index contributed by atoms with van der Waals surface area (Å²) in [6.45, 7) is 0. The quantitative estimate of drug-likeness (QED) is 0.161. The molecule has 2 aromatic heterocycles. The highest BCUT2D eigenvalue weighted by Crippen LogP contribution is 2.53. The van der Waals surface area contributed by atoms with E-state index in [4.69, 9.17) is 0 Å². The summed E-state index contributed by atoms with van der Waals surface area (Å²) in [5.74, 6) is 0.740. The van der Waals surface area contributed by atoms with Crippen LogP contribution in [0.3, 0.4) is 0 Å². The maximum Gasteiger partial charge on any atom is 0.0629 e. The lowest BCUT2D eigenvalue weighted by Crippen LogP contribution is -2.31. The minimum absolute atomic E-state index is 0.177. The second-order valence-corrected chi connectivity index (χ2v) is 18.0. The van der Waals surface area contributed by atoms with Crippen LogP contribution in [0.1, 0.15) is 35.8 Å². The van der Waals surface area contributed by atoms with Crippen molar-refractivity contribution in [3.05, 3.63) is 230 Å². The highest BCUT2D eigenvalue weighted by atomic mass is 15.2. The predicted octanol–water partition coefficient (Wildman–Crippen LogP) is 15.2. The number of fused-ring (bicyclic) bond motifs is 12. The van der Waals surface area contributed by atoms with Gasteiger partial charge in [0.1, 0.15) is 0 Å². The van der Waals surface area contributed by atoms with Crippen LogP contribution in [0.15, 0.2) is 218 Å². The first kappa shape index (κ1) is 35.7. The van der Waals surface area contributed by atoms with E-state index in [0.29, 0.717) is 5.92 Å². The van der Waals surface area contributed by atoms with E-state index in [1.165, 1.54) is 88.6 Å². The molecule has 0 N–H and O–H groups in total. The highest BCUT2D eigenvalue weighted by molar-refractivity contribution is 6.11. The number of hydrogen-bond acceptors (Lipinski definition) is 2. The van der Waals surface area contributed by atoms with Gasteiger partial charge in [0.15, 0.2) is 0 Å². The fourth-order valence-electron chi connectivity index (χ4n) is 12.0. The standard InChI is InChI=1S/C60H44N4/c1-9-25-53-45(17-1)46-18-2-10-26-54(46)61(53)41-33-39(34-42(37-41)62-55-27-11-3-19-47(55)48-20-4-12-28-56(48)62)40-35-43(63-57-29-13-5-21-49(57)50-22-6-14-30-58(50)63)38-44(36-40)64-59-31-15-7-23-51(59)52-24-8-16-32-60(52)64/h1-7,9-23,25-38,49,52,57,60H,8,24H2. The summed E-state index contributed by atoms with van der Waals surface area (Å²) in [6, 6.07) is 68.7. The van der Waals surface area contributed by atoms with Gasteiger partial charge < -0.3 is 18.9 Å². The summed E-state index contributed by atoms with van der Waals surface area (Å²) in [5, 5.41) is 5.02. The number of benzene rings is 8. The molecule has 2 aliphatic heterocycles. The lowest BCUT2D eigenvalue weighted by molar-refractivity contribution is 0.573. The van der Waals surface area contributed by atoms with E-state index in [0.717, 1.165) is 24.2 Å². The molecule has 0 amide bonds. The average Bonchev–Trinajstić information content (AvgIpc) is 4.09. The van der Waals surface area contributed by atoms with E-state index < -0.39 is 0 Å². The highest BCUT2D eigenvalue weighted by Gasteiger charge is 2.41. The Labute approximate surface area is 372 Å². The molecule has 14 rings (SSSR count). The van der Waals surface area contributed by atoms with Crippen LogP contribution in [-0.2, 0) is 0 Å². The third-order valence-electron chi connectivity index (χ3n) is 14.6. The van der Waals surface area contributed by atoms with Crippen LogP contribution >= 0.6 is 0 Å². The molecule has 0 bridgehead atoms. The molecular formula is C60H44N4. The molecule has 8 aromatic carbocycles. The topological polar surface area (TPSA) is 16.3 Å². The Morgan fingerprint density at radius 3 is 1.39 bits per heavy atom. The first-order chi connectivity index (χ1) is 31.8. The zero-order chi connectivity index (χ0) is 41.9. The van der Waals surface area contributed by atoms with Crippen molar-refractivity contribution in [2.75, 3.05) is 9.80 Å². The van der Waals surface area contributed by atoms with Gasteiger partial charge in [-0.15, -0.1) is 0 Å². The molecule has 2 aliphatic carbocycles. The van der Waals surface area contributed by atoms with Crippen molar-refractivity contribution in [1.29, 1.82) is 0 Å². The predicted molar refractivity (Wildman–Crippen MR) is 267 cm³/mol. The normalized spacial score (nSPS) is 19.5. The van der Waals surface area contributed by atoms with Crippen LogP contribution in [0.25, 0.3) is 66.1 Å². The van der Waals surface area contributed by atoms with Gasteiger partial charge in [-0.2, -0.15) is 0 Å². The molecule has 4 nitrogen and oxygen atoms in total. The zero-order valence-corrected chi connectivity index (χ0v) is 35.3. The maximum atomic E-state index is 2.64. The second kappa shape index (κ2) is 13.8. The molecule has 0 radical (unpaired) electrons. The zero-order valence-electron chi connectivity index (χ0n) is 35.3. The molecule has 4 unspecified atom stereocenters. The number of aromatic nitrogens is 2. The van der Waals surface area contributed by atoms with E-state index >= 15 is 0 Å². The summed E-state index contributed by atoms with van der Waals surface area (Å²) in [6.07, 6.45) is 16.4. The molecule has 4 aliphatic rings. The third kappa shape index (κ3) is 5.17. The van der Waals surface area contributed by atoms with Crippen LogP contribution < -0.4 is 9.80 Å². The minimum Gasteiger partial charge on any atom is -0.334 e. The van der Waals surface area contributed by atoms with Gasteiger partial charge in [-0.1, -0.05) is 146 Å². The Bertz CT molecular complexity index is 3370. The van der Waals surface area contributed by atoms with Gasteiger partial charge in [0.25, 0.3) is 0 Å². The Balaban J connectivity index is 1.07. The van der Waals surface area contributed by atoms with Crippen molar-refractivity contribution in [1.82, 2.24) is 9.13 Å². The van der Waals surface area contributed by atoms with Crippen LogP contribution in [-0.4, -0.2) is 21.2 Å². The van der Waals surface area contributed by atoms with Crippen molar-refractivity contribution >= 4 is 66.4 Å². The van der Waals surface area contributed by atoms with Crippen molar-refractivity contribution in [3.63, 3.8) is 0 Å². The van der Waals surface area contributed by atoms with Crippen LogP contribution in [0.2, 0.25) is 0 Å². The van der Waals surface area contributed by atoms with E-state index in [2.05, 4.69) is 237 Å². The van der Waals surface area contributed by atoms with Crippen molar-refractivity contribution in [2.45, 2.75) is 36.8 Å². The van der Waals surface area contributed by atoms with Crippen molar-refractivity contribution < 1.29 is 0 Å². The Morgan fingerprint density at radius 1 is 0.375 bits per heavy atom. The molecule has 0 saturated carbocycles. The van der Waals surface area contributed by atoms with E-state index in [-0.39, 0.29) is 18.0 Å². The molecule has 4 heteroatoms. The number of rotatable bonds is 5. The van der Waals surface area contributed by atoms with Gasteiger partial charge in [0, 0.05) is 67.5 Å². The molecule has 4 atom stereocenters. The third-order valence-corrected chi connectivity index (χ3v) is 14.6. The molecule has 0 saturated heterocycles. The molecule has 304 valence electrons. The first-order valence-corrected chi connectivity index (χ1v) is 22.8. The second-order valence-electron chi connectivity index (χ2n) is 18.0. The van der Waals surface area contributed by atoms with E-state index in [1.54, 1.807) is 0 Å². The molecule has 0 spiro atoms. The molecular weight excluding hydrogens is 777 g/mol. The van der Waals surface area contributed by atoms with E-state index in [1.807, 2.05) is 0 Å². The van der Waals surface area contributed by atoms with Gasteiger partial charge in [-0.3, -0.25) is 0 Å². The lowest BCUT2D eigenvalue weighted by atomic mass is 9.86. The van der Waals surface area contributed by atoms with Crippen molar-refractivity contribution in [2.24, 2.45) is 0 Å². The van der Waals surface area contributed by atoms with Crippen LogP contribution in [0.4, 0.5) is 22.7 Å². The SMILES string of the molecule is C1=CC2c3ccccc3N(c3cc(-c4cc(-n5c6ccccc6c6ccccc65)cc(-n5c6ccccc6c6ccccc65)c4)cc(N4c5ccccc5C5CCC=CC54)c3)C2C=C1. The van der Waals surface area contributed by atoms with Gasteiger partial charge in [-0.25, -0.2) is 0 Å². The number of para-hydroxylation sites is 6. The first-order valence-electron chi connectivity index (χ1n) is 22.8. The number of allylic oxidation sites excluding steroid dienone is 3. The summed E-state index contributed by atoms with van der Waals surface area (Å²) < 4.78 is 4.95. The van der Waals surface area contributed by atoms with Crippen LogP contribution in [0, 0.1) is 0 Å². The fourth-order valence-corrected chi connectivity index (χ4v) is 12.0. The van der Waals surface area contributed by atoms with Crippen LogP contribution in [0.5, 0.6) is 0 Å². The summed E-state index contributed by atoms with van der Waals surface area (Å²) in [4.78, 5) is 5.25. The van der Waals surface area contributed by atoms with Gasteiger partial charge in [0.05, 0.1) is 34.2 Å². The summed E-state index contributed by atoms with van der Waals surface area (Å²) in [7, 11) is 0. The maximum absolute atomic E-state index is 2.64. The van der Waals surface area contributed by atoms with Gasteiger partial charge in [0.2, 0.25) is 0 Å². The van der Waals surface area contributed by atoms with E-state index in [9.17, 15) is 0 Å². The number of nitrogens with zero attached hydrogens (tertiary/aromatic N) is 4. The number of hydrogen-bond donors (Lipinski definition) is 0. The lowest BCUT2D eigenvalue weighted by Gasteiger charge is -2.33. The minimum atomic E-state index is 0.177. The summed E-state index contributed by atoms with van der Waals surface area (Å²) in [5.41, 5.74) is 17.3. The molecule has 4 heterocycles. The fraction of sp³-hybridized carbons (Fsp3) is 0.100. The monoisotopic (exact) mass is 820 g/mol. The molecule has 10 aromatic rings. The Morgan fingerprint density at radius 2 is 0.812 bits per heavy atom. The van der Waals surface area contributed by atoms with Gasteiger partial charge >= 0.3 is 0 Å². The van der Waals surface area contributed by atoms with Crippen molar-refractivity contribution in [3.8, 4) is 22.5 Å². The number of anilines is 4. The molecule has 64 heavy (non-hydrogen) atoms. The largest absolute Gasteiger partial charge is 0.334 e. The van der Waals surface area contributed by atoms with Gasteiger partial charge in [-0.05, 0) is 108 Å². The Kier molecular flexibility index (Phi) is 7.73.